The van der Waals surface area contributed by atoms with Crippen LogP contribution in [0.25, 0.3) is 0 Å². The second-order valence-electron chi connectivity index (χ2n) is 1.95. The Bertz CT molecular complexity index is 115. The molecule has 1 nitrogen and oxygen atoms in total. The van der Waals surface area contributed by atoms with Crippen LogP contribution in [-0.2, 0) is 15.9 Å². The van der Waals surface area contributed by atoms with Crippen LogP contribution in [0.3, 0.4) is 0 Å². The molecule has 0 radical (unpaired) electrons. The molecule has 1 rings (SSSR count). The summed E-state index contributed by atoms with van der Waals surface area (Å²) in [6.45, 7) is 0. The molecule has 1 atom stereocenters. The molecule has 0 bridgehead atoms. The predicted octanol–water partition coefficient (Wildman–Crippen LogP) is 1.61. The van der Waals surface area contributed by atoms with Crippen molar-refractivity contribution >= 4 is 34.9 Å². The highest BCUT2D eigenvalue weighted by atomic mass is 35.5. The van der Waals surface area contributed by atoms with Crippen LogP contribution in [0, 0.1) is 5.92 Å². The third-order valence-electron chi connectivity index (χ3n) is 1.22. The van der Waals surface area contributed by atoms with Gasteiger partial charge in [0.05, 0.1) is 5.92 Å². The summed E-state index contributed by atoms with van der Waals surface area (Å²) in [4.78, 5) is 0. The highest BCUT2D eigenvalue weighted by molar-refractivity contribution is 7.65. The smallest absolute Gasteiger partial charge is 0.101 e. The lowest BCUT2D eigenvalue weighted by Gasteiger charge is -1.85. The van der Waals surface area contributed by atoms with Crippen molar-refractivity contribution in [1.29, 1.82) is 0 Å². The van der Waals surface area contributed by atoms with Crippen LogP contribution in [-0.4, -0.2) is 10.1 Å². The Morgan fingerprint density at radius 1 is 1.75 bits per heavy atom. The van der Waals surface area contributed by atoms with Gasteiger partial charge in [0.2, 0.25) is 5.75 Å². The van der Waals surface area contributed by atoms with Gasteiger partial charge in [-0.05, 0) is 6.42 Å². The number of hydrogen-bond acceptors (Lipinski definition) is 1. The zero-order chi connectivity index (χ0) is 6.20. The summed E-state index contributed by atoms with van der Waals surface area (Å²) in [6, 6.07) is 0. The van der Waals surface area contributed by atoms with Gasteiger partial charge in [-0.1, -0.05) is 0 Å². The van der Waals surface area contributed by atoms with Crippen LogP contribution in [0.1, 0.15) is 6.42 Å². The van der Waals surface area contributed by atoms with Crippen molar-refractivity contribution in [2.45, 2.75) is 10.8 Å². The summed E-state index contributed by atoms with van der Waals surface area (Å²) in [5.41, 5.74) is 0. The number of halogens is 2. The lowest BCUT2D eigenvalue weighted by atomic mass is 10.5. The van der Waals surface area contributed by atoms with E-state index in [4.69, 9.17) is 23.2 Å². The molecule has 0 aromatic carbocycles. The fourth-order valence-electron chi connectivity index (χ4n) is 0.533. The van der Waals surface area contributed by atoms with E-state index in [1.54, 1.807) is 0 Å². The van der Waals surface area contributed by atoms with Crippen molar-refractivity contribution in [3.05, 3.63) is 0 Å². The van der Waals surface area contributed by atoms with E-state index >= 15 is 0 Å². The van der Waals surface area contributed by atoms with Gasteiger partial charge in [-0.3, -0.25) is 0 Å². The van der Waals surface area contributed by atoms with Gasteiger partial charge >= 0.3 is 11.7 Å². The van der Waals surface area contributed by atoms with E-state index in [1.165, 1.54) is 0 Å². The molecule has 1 aliphatic carbocycles. The first-order valence-electron chi connectivity index (χ1n) is 2.29. The van der Waals surface area contributed by atoms with Crippen LogP contribution in [0.4, 0.5) is 0 Å². The van der Waals surface area contributed by atoms with Crippen molar-refractivity contribution in [3.63, 3.8) is 0 Å². The molecule has 0 aromatic heterocycles. The van der Waals surface area contributed by atoms with E-state index in [9.17, 15) is 4.21 Å². The Labute approximate surface area is 61.8 Å². The Kier molecular flexibility index (Phi) is 1.75. The maximum Gasteiger partial charge on any atom is 0.459 e. The first-order valence-corrected chi connectivity index (χ1v) is 3.96. The standard InChI is InChI=1S/C4H5Cl2OS/c5-4(6)1-3(4)2-8-7/h3H,1-2H2/q+1. The molecular weight excluding hydrogens is 167 g/mol. The third-order valence-corrected chi connectivity index (χ3v) is 2.69. The zero-order valence-corrected chi connectivity index (χ0v) is 6.39. The molecule has 0 aliphatic heterocycles. The van der Waals surface area contributed by atoms with Crippen molar-refractivity contribution in [3.8, 4) is 0 Å². The summed E-state index contributed by atoms with van der Waals surface area (Å²) in [7, 11) is 0. The molecule has 46 valence electrons. The van der Waals surface area contributed by atoms with Crippen molar-refractivity contribution in [1.82, 2.24) is 0 Å². The van der Waals surface area contributed by atoms with Crippen LogP contribution < -0.4 is 0 Å². The van der Waals surface area contributed by atoms with Gasteiger partial charge in [0.25, 0.3) is 0 Å². The molecule has 0 N–H and O–H groups in total. The normalized spacial score (nSPS) is 32.0. The number of alkyl halides is 2. The lowest BCUT2D eigenvalue weighted by Crippen LogP contribution is -1.93. The molecule has 1 saturated carbocycles. The van der Waals surface area contributed by atoms with Crippen LogP contribution in [0.2, 0.25) is 0 Å². The molecule has 0 heterocycles. The lowest BCUT2D eigenvalue weighted by molar-refractivity contribution is 0.603. The maximum absolute atomic E-state index is 9.87. The Morgan fingerprint density at radius 2 is 2.25 bits per heavy atom. The first-order chi connectivity index (χ1) is 3.67. The van der Waals surface area contributed by atoms with E-state index in [2.05, 4.69) is 0 Å². The van der Waals surface area contributed by atoms with Crippen molar-refractivity contribution < 1.29 is 4.21 Å². The molecule has 0 spiro atoms. The summed E-state index contributed by atoms with van der Waals surface area (Å²) in [6.07, 6.45) is 0.783. The van der Waals surface area contributed by atoms with E-state index < -0.39 is 4.33 Å². The van der Waals surface area contributed by atoms with Gasteiger partial charge in [-0.15, -0.1) is 23.2 Å². The predicted molar refractivity (Wildman–Crippen MR) is 35.5 cm³/mol. The van der Waals surface area contributed by atoms with Gasteiger partial charge in [0.1, 0.15) is 4.33 Å². The minimum absolute atomic E-state index is 0.244. The highest BCUT2D eigenvalue weighted by Crippen LogP contribution is 2.52. The van der Waals surface area contributed by atoms with Gasteiger partial charge in [0.15, 0.2) is 0 Å². The molecule has 0 aromatic rings. The Balaban J connectivity index is 2.26. The van der Waals surface area contributed by atoms with Crippen LogP contribution >= 0.6 is 23.2 Å². The molecule has 1 aliphatic rings. The molecule has 8 heavy (non-hydrogen) atoms. The monoisotopic (exact) mass is 171 g/mol. The average molecular weight is 172 g/mol. The van der Waals surface area contributed by atoms with Gasteiger partial charge in [-0.2, -0.15) is 0 Å². The number of rotatable bonds is 2. The Hall–Kier alpha value is 0.600. The molecule has 1 unspecified atom stereocenters. The molecule has 0 amide bonds. The summed E-state index contributed by atoms with van der Waals surface area (Å²) < 4.78 is 9.31. The van der Waals surface area contributed by atoms with Crippen LogP contribution in [0.15, 0.2) is 0 Å². The van der Waals surface area contributed by atoms with E-state index in [0.29, 0.717) is 17.4 Å². The zero-order valence-electron chi connectivity index (χ0n) is 4.06. The van der Waals surface area contributed by atoms with E-state index in [0.717, 1.165) is 6.42 Å². The first kappa shape index (κ1) is 6.72. The second-order valence-corrected chi connectivity index (χ2v) is 4.06. The molecule has 0 saturated heterocycles. The van der Waals surface area contributed by atoms with Crippen LogP contribution in [0.5, 0.6) is 0 Å². The number of hydrogen-bond donors (Lipinski definition) is 0. The minimum Gasteiger partial charge on any atom is -0.101 e. The SMILES string of the molecule is O=[S+]CC1CC1(Cl)Cl. The summed E-state index contributed by atoms with van der Waals surface area (Å²) in [5.74, 6) is 0.792. The average Bonchev–Trinajstić information content (AvgIpc) is 2.15. The fourth-order valence-corrected chi connectivity index (χ4v) is 1.81. The topological polar surface area (TPSA) is 17.1 Å². The molecule has 1 fully saturated rings. The third kappa shape index (κ3) is 1.30. The molecular formula is C4H5Cl2OS+. The van der Waals surface area contributed by atoms with Gasteiger partial charge in [-0.25, -0.2) is 0 Å². The summed E-state index contributed by atoms with van der Waals surface area (Å²) in [5, 5.41) is 0. The van der Waals surface area contributed by atoms with Gasteiger partial charge < -0.3 is 0 Å². The second kappa shape index (κ2) is 2.09. The highest BCUT2D eigenvalue weighted by Gasteiger charge is 2.54. The van der Waals surface area contributed by atoms with Crippen molar-refractivity contribution in [2.24, 2.45) is 5.92 Å². The largest absolute Gasteiger partial charge is 0.459 e. The van der Waals surface area contributed by atoms with Crippen molar-refractivity contribution in [2.75, 3.05) is 5.75 Å². The Morgan fingerprint density at radius 3 is 2.38 bits per heavy atom. The maximum atomic E-state index is 9.87. The minimum atomic E-state index is -0.558. The van der Waals surface area contributed by atoms with E-state index in [1.807, 2.05) is 0 Å². The summed E-state index contributed by atoms with van der Waals surface area (Å²) >= 11 is 11.8. The van der Waals surface area contributed by atoms with Gasteiger partial charge in [0, 0.05) is 4.21 Å². The molecule has 4 heteroatoms. The quantitative estimate of drug-likeness (QED) is 0.456. The van der Waals surface area contributed by atoms with E-state index in [-0.39, 0.29) is 5.92 Å². The fraction of sp³-hybridized carbons (Fsp3) is 1.00.